The number of benzene rings is 1. The van der Waals surface area contributed by atoms with Gasteiger partial charge in [-0.15, -0.1) is 0 Å². The highest BCUT2D eigenvalue weighted by atomic mass is 35.5. The Hall–Kier alpha value is -3.94. The summed E-state index contributed by atoms with van der Waals surface area (Å²) in [6, 6.07) is 5.63. The second kappa shape index (κ2) is 8.93. The van der Waals surface area contributed by atoms with Crippen molar-refractivity contribution >= 4 is 28.7 Å². The van der Waals surface area contributed by atoms with E-state index >= 15 is 0 Å². The van der Waals surface area contributed by atoms with Gasteiger partial charge in [0.2, 0.25) is 5.82 Å². The van der Waals surface area contributed by atoms with Crippen molar-refractivity contribution in [1.29, 1.82) is 0 Å². The molecule has 0 spiro atoms. The van der Waals surface area contributed by atoms with Gasteiger partial charge in [-0.1, -0.05) is 16.8 Å². The number of aromatic nitrogens is 3. The predicted molar refractivity (Wildman–Crippen MR) is 116 cm³/mol. The van der Waals surface area contributed by atoms with Crippen molar-refractivity contribution in [3.8, 4) is 11.4 Å². The second-order valence-electron chi connectivity index (χ2n) is 7.51. The Labute approximate surface area is 201 Å². The maximum atomic E-state index is 12.9. The van der Waals surface area contributed by atoms with Crippen LogP contribution in [0.5, 0.6) is 0 Å². The van der Waals surface area contributed by atoms with Crippen molar-refractivity contribution in [2.45, 2.75) is 18.9 Å². The third-order valence-electron chi connectivity index (χ3n) is 4.96. The minimum atomic E-state index is -4.79. The molecule has 0 bridgehead atoms. The average molecular weight is 532 g/mol. The van der Waals surface area contributed by atoms with Gasteiger partial charge in [0.05, 0.1) is 22.8 Å². The molecule has 0 amide bonds. The molecular weight excluding hydrogens is 520 g/mol. The molecule has 1 N–H and O–H groups in total. The number of halogens is 7. The van der Waals surface area contributed by atoms with Gasteiger partial charge in [0, 0.05) is 24.5 Å². The van der Waals surface area contributed by atoms with E-state index < -0.39 is 39.7 Å². The molecule has 2 aromatic heterocycles. The van der Waals surface area contributed by atoms with Crippen molar-refractivity contribution in [3.05, 3.63) is 79.1 Å². The molecule has 0 aliphatic carbocycles. The molecule has 0 aliphatic heterocycles. The van der Waals surface area contributed by atoms with Crippen molar-refractivity contribution in [2.24, 2.45) is 0 Å². The first-order chi connectivity index (χ1) is 16.8. The zero-order valence-electron chi connectivity index (χ0n) is 17.8. The lowest BCUT2D eigenvalue weighted by Gasteiger charge is -2.23. The highest BCUT2D eigenvalue weighted by Crippen LogP contribution is 2.37. The Morgan fingerprint density at radius 1 is 1.03 bits per heavy atom. The predicted octanol–water partition coefficient (Wildman–Crippen LogP) is 4.80. The molecule has 4 rings (SSSR count). The number of pyridine rings is 1. The lowest BCUT2D eigenvalue weighted by Crippen LogP contribution is -2.40. The highest BCUT2D eigenvalue weighted by Gasteiger charge is 2.38. The summed E-state index contributed by atoms with van der Waals surface area (Å²) in [5.41, 5.74) is -2.32. The minimum Gasteiger partial charge on any atom is -0.364 e. The van der Waals surface area contributed by atoms with E-state index in [1.807, 2.05) is 0 Å². The molecule has 2 heterocycles. The number of hydrogen-bond acceptors (Lipinski definition) is 8. The van der Waals surface area contributed by atoms with Gasteiger partial charge >= 0.3 is 18.2 Å². The standard InChI is InChI=1S/C21H12ClF6N5O3/c1-33(8-11-3-2-9(7-29-11)18-31-19(36-32-18)21(26,27)28)15-14(16(34)17(15)35)30-10-4-5-12(13(22)6-10)20(23,24)25/h2-7,30H,8H2,1H3. The summed E-state index contributed by atoms with van der Waals surface area (Å²) in [4.78, 5) is 33.0. The number of nitrogens with zero attached hydrogens (tertiary/aromatic N) is 4. The molecule has 0 unspecified atom stereocenters. The van der Waals surface area contributed by atoms with Crippen LogP contribution in [0.1, 0.15) is 17.1 Å². The topological polar surface area (TPSA) is 101 Å². The van der Waals surface area contributed by atoms with E-state index in [-0.39, 0.29) is 35.0 Å². The van der Waals surface area contributed by atoms with Crippen LogP contribution < -0.4 is 21.1 Å². The summed E-state index contributed by atoms with van der Waals surface area (Å²) < 4.78 is 80.7. The van der Waals surface area contributed by atoms with E-state index in [9.17, 15) is 35.9 Å². The first-order valence-corrected chi connectivity index (χ1v) is 10.2. The summed E-state index contributed by atoms with van der Waals surface area (Å²) in [7, 11) is 1.48. The van der Waals surface area contributed by atoms with Crippen molar-refractivity contribution < 1.29 is 30.9 Å². The van der Waals surface area contributed by atoms with Crippen LogP contribution in [0.4, 0.5) is 43.4 Å². The number of hydrogen-bond donors (Lipinski definition) is 1. The van der Waals surface area contributed by atoms with E-state index in [4.69, 9.17) is 11.6 Å². The molecule has 2 aromatic carbocycles. The molecule has 8 nitrogen and oxygen atoms in total. The number of anilines is 3. The molecule has 0 fully saturated rings. The summed E-state index contributed by atoms with van der Waals surface area (Å²) in [5, 5.41) is 5.29. The monoisotopic (exact) mass is 531 g/mol. The Morgan fingerprint density at radius 3 is 2.31 bits per heavy atom. The molecule has 0 radical (unpaired) electrons. The highest BCUT2D eigenvalue weighted by molar-refractivity contribution is 6.31. The van der Waals surface area contributed by atoms with Gasteiger partial charge in [-0.2, -0.15) is 31.3 Å². The van der Waals surface area contributed by atoms with Crippen LogP contribution in [0.15, 0.2) is 50.6 Å². The fourth-order valence-electron chi connectivity index (χ4n) is 3.26. The van der Waals surface area contributed by atoms with Crippen LogP contribution in [0.3, 0.4) is 0 Å². The van der Waals surface area contributed by atoms with Gasteiger partial charge in [-0.3, -0.25) is 14.6 Å². The molecule has 0 saturated carbocycles. The number of nitrogens with one attached hydrogen (secondary N) is 1. The van der Waals surface area contributed by atoms with Crippen LogP contribution in [0.25, 0.3) is 11.4 Å². The second-order valence-corrected chi connectivity index (χ2v) is 7.92. The third-order valence-corrected chi connectivity index (χ3v) is 5.27. The van der Waals surface area contributed by atoms with Gasteiger partial charge in [0.1, 0.15) is 11.4 Å². The minimum absolute atomic E-state index is 0.00757. The molecular formula is C21H12ClF6N5O3. The van der Waals surface area contributed by atoms with Crippen molar-refractivity contribution in [2.75, 3.05) is 17.3 Å². The van der Waals surface area contributed by atoms with Gasteiger partial charge in [-0.25, -0.2) is 0 Å². The van der Waals surface area contributed by atoms with Gasteiger partial charge < -0.3 is 14.7 Å². The van der Waals surface area contributed by atoms with Crippen LogP contribution in [0, 0.1) is 0 Å². The molecule has 0 saturated heterocycles. The summed E-state index contributed by atoms with van der Waals surface area (Å²) in [6.45, 7) is 0.00757. The van der Waals surface area contributed by atoms with Crippen LogP contribution >= 0.6 is 11.6 Å². The zero-order chi connectivity index (χ0) is 26.4. The molecule has 188 valence electrons. The zero-order valence-corrected chi connectivity index (χ0v) is 18.6. The lowest BCUT2D eigenvalue weighted by molar-refractivity contribution is -0.159. The normalized spacial score (nSPS) is 12.2. The van der Waals surface area contributed by atoms with E-state index in [0.717, 1.165) is 18.2 Å². The Kier molecular flexibility index (Phi) is 6.24. The first-order valence-electron chi connectivity index (χ1n) is 9.80. The number of alkyl halides is 6. The summed E-state index contributed by atoms with van der Waals surface area (Å²) in [5.74, 6) is -1.82. The Balaban J connectivity index is 1.50. The molecule has 36 heavy (non-hydrogen) atoms. The Morgan fingerprint density at radius 2 is 1.75 bits per heavy atom. The Bertz CT molecular complexity index is 1490. The van der Waals surface area contributed by atoms with E-state index in [0.29, 0.717) is 5.69 Å². The van der Waals surface area contributed by atoms with E-state index in [2.05, 4.69) is 25.0 Å². The lowest BCUT2D eigenvalue weighted by atomic mass is 10.1. The molecule has 0 aliphatic rings. The average Bonchev–Trinajstić information content (AvgIpc) is 3.29. The number of rotatable bonds is 6. The molecule has 0 atom stereocenters. The fourth-order valence-corrected chi connectivity index (χ4v) is 3.54. The maximum absolute atomic E-state index is 12.9. The van der Waals surface area contributed by atoms with Gasteiger partial charge in [0.25, 0.3) is 10.9 Å². The summed E-state index contributed by atoms with van der Waals surface area (Å²) in [6.07, 6.45) is -8.24. The molecule has 4 aromatic rings. The molecule has 15 heteroatoms. The van der Waals surface area contributed by atoms with Crippen molar-refractivity contribution in [3.63, 3.8) is 0 Å². The SMILES string of the molecule is CN(Cc1ccc(-c2noc(C(F)(F)F)n2)cn1)c1c(Nc2ccc(C(F)(F)F)c(Cl)c2)c(=O)c1=O. The largest absolute Gasteiger partial charge is 0.471 e. The van der Waals surface area contributed by atoms with Crippen molar-refractivity contribution in [1.82, 2.24) is 15.1 Å². The first kappa shape index (κ1) is 25.2. The third kappa shape index (κ3) is 4.89. The van der Waals surface area contributed by atoms with E-state index in [1.165, 1.54) is 30.3 Å². The van der Waals surface area contributed by atoms with Crippen LogP contribution in [-0.2, 0) is 18.9 Å². The van der Waals surface area contributed by atoms with Gasteiger partial charge in [0.15, 0.2) is 0 Å². The van der Waals surface area contributed by atoms with Crippen LogP contribution in [0.2, 0.25) is 5.02 Å². The van der Waals surface area contributed by atoms with Gasteiger partial charge in [-0.05, 0) is 30.3 Å². The smallest absolute Gasteiger partial charge is 0.364 e. The van der Waals surface area contributed by atoms with E-state index in [1.54, 1.807) is 0 Å². The quantitative estimate of drug-likeness (QED) is 0.280. The van der Waals surface area contributed by atoms with Crippen LogP contribution in [-0.4, -0.2) is 22.2 Å². The summed E-state index contributed by atoms with van der Waals surface area (Å²) >= 11 is 5.69. The maximum Gasteiger partial charge on any atom is 0.471 e. The fraction of sp³-hybridized carbons (Fsp3) is 0.190.